The largest absolute Gasteiger partial charge is 0.304 e. The molecule has 0 aliphatic carbocycles. The summed E-state index contributed by atoms with van der Waals surface area (Å²) in [6.45, 7) is 6.19. The van der Waals surface area contributed by atoms with Gasteiger partial charge in [0.1, 0.15) is 5.82 Å². The summed E-state index contributed by atoms with van der Waals surface area (Å²) in [4.78, 5) is 2.17. The average molecular weight is 395 g/mol. The highest BCUT2D eigenvalue weighted by Crippen LogP contribution is 2.19. The van der Waals surface area contributed by atoms with E-state index in [9.17, 15) is 8.42 Å². The van der Waals surface area contributed by atoms with Crippen molar-refractivity contribution in [2.45, 2.75) is 45.9 Å². The maximum Gasteiger partial charge on any atom is 0.199 e. The normalized spacial score (nSPS) is 19.3. The molecule has 0 N–H and O–H groups in total. The van der Waals surface area contributed by atoms with Gasteiger partial charge in [-0.3, -0.25) is 4.90 Å². The molecule has 1 saturated heterocycles. The van der Waals surface area contributed by atoms with Crippen LogP contribution in [-0.2, 0) is 29.5 Å². The molecule has 2 heterocycles. The van der Waals surface area contributed by atoms with Gasteiger partial charge in [-0.1, -0.05) is 37.3 Å². The van der Waals surface area contributed by atoms with Crippen molar-refractivity contribution in [2.24, 2.45) is 0 Å². The van der Waals surface area contributed by atoms with Crippen LogP contribution in [-0.4, -0.2) is 51.8 Å². The fourth-order valence-electron chi connectivity index (χ4n) is 3.51. The molecule has 0 radical (unpaired) electrons. The Labute approximate surface area is 160 Å². The lowest BCUT2D eigenvalue weighted by atomic mass is 10.1. The van der Waals surface area contributed by atoms with E-state index in [-0.39, 0.29) is 17.5 Å². The van der Waals surface area contributed by atoms with Crippen LogP contribution in [0.5, 0.6) is 0 Å². The summed E-state index contributed by atoms with van der Waals surface area (Å²) >= 11 is 5.63. The van der Waals surface area contributed by atoms with Gasteiger partial charge in [-0.05, 0) is 37.7 Å². The van der Waals surface area contributed by atoms with E-state index < -0.39 is 9.84 Å². The van der Waals surface area contributed by atoms with Gasteiger partial charge < -0.3 is 4.57 Å². The molecule has 0 bridgehead atoms. The summed E-state index contributed by atoms with van der Waals surface area (Å²) in [5, 5.41) is 4.76. The Bertz CT molecular complexity index is 903. The van der Waals surface area contributed by atoms with Crippen molar-refractivity contribution >= 4 is 22.1 Å². The summed E-state index contributed by atoms with van der Waals surface area (Å²) < 4.78 is 28.2. The Kier molecular flexibility index (Phi) is 5.94. The van der Waals surface area contributed by atoms with Crippen LogP contribution >= 0.6 is 12.2 Å². The van der Waals surface area contributed by atoms with Crippen LogP contribution in [0.4, 0.5) is 0 Å². The number of sulfone groups is 1. The van der Waals surface area contributed by atoms with E-state index in [1.165, 1.54) is 5.56 Å². The van der Waals surface area contributed by atoms with E-state index in [0.29, 0.717) is 17.9 Å². The zero-order chi connectivity index (χ0) is 18.7. The van der Waals surface area contributed by atoms with Crippen molar-refractivity contribution in [3.8, 4) is 0 Å². The lowest BCUT2D eigenvalue weighted by molar-refractivity contribution is 0.163. The number of hydrogen-bond donors (Lipinski definition) is 0. The molecule has 1 aliphatic heterocycles. The fraction of sp³-hybridized carbons (Fsp3) is 0.556. The van der Waals surface area contributed by atoms with Gasteiger partial charge in [0.15, 0.2) is 14.6 Å². The molecule has 1 atom stereocenters. The van der Waals surface area contributed by atoms with Crippen molar-refractivity contribution in [3.63, 3.8) is 0 Å². The zero-order valence-corrected chi connectivity index (χ0v) is 17.0. The molecule has 0 spiro atoms. The van der Waals surface area contributed by atoms with Crippen molar-refractivity contribution in [1.29, 1.82) is 0 Å². The van der Waals surface area contributed by atoms with Crippen LogP contribution in [0.25, 0.3) is 0 Å². The Morgan fingerprint density at radius 1 is 1.27 bits per heavy atom. The van der Waals surface area contributed by atoms with Gasteiger partial charge in [0, 0.05) is 19.0 Å². The third-order valence-corrected chi connectivity index (χ3v) is 7.15. The summed E-state index contributed by atoms with van der Waals surface area (Å²) in [7, 11) is -2.90. The first-order valence-corrected chi connectivity index (χ1v) is 11.3. The number of hydrogen-bond acceptors (Lipinski definition) is 5. The minimum Gasteiger partial charge on any atom is -0.304 e. The minimum absolute atomic E-state index is 0.0521. The predicted octanol–water partition coefficient (Wildman–Crippen LogP) is 2.49. The standard InChI is InChI=1S/C18H26N4O2S2/c1-3-20(16-10-11-26(23,24)13-16)14-22-18(25)21(4-2)17(19-22)12-15-8-6-5-7-9-15/h5-9,16H,3-4,10-14H2,1-2H3/t16-/m1/s1. The molecule has 0 unspecified atom stereocenters. The first kappa shape index (κ1) is 19.3. The number of nitrogens with zero attached hydrogens (tertiary/aromatic N) is 4. The minimum atomic E-state index is -2.90. The van der Waals surface area contributed by atoms with Gasteiger partial charge in [-0.2, -0.15) is 5.10 Å². The first-order chi connectivity index (χ1) is 12.4. The Morgan fingerprint density at radius 2 is 2.00 bits per heavy atom. The Morgan fingerprint density at radius 3 is 2.58 bits per heavy atom. The van der Waals surface area contributed by atoms with Crippen LogP contribution in [0, 0.1) is 4.77 Å². The number of rotatable bonds is 7. The Balaban J connectivity index is 1.82. The summed E-state index contributed by atoms with van der Waals surface area (Å²) in [6.07, 6.45) is 1.42. The SMILES string of the molecule is CCN(Cn1nc(Cc2ccccc2)n(CC)c1=S)[C@@H]1CCS(=O)(=O)C1. The van der Waals surface area contributed by atoms with Gasteiger partial charge in [-0.25, -0.2) is 13.1 Å². The van der Waals surface area contributed by atoms with Gasteiger partial charge in [0.2, 0.25) is 0 Å². The summed E-state index contributed by atoms with van der Waals surface area (Å²) in [5.74, 6) is 1.46. The smallest absolute Gasteiger partial charge is 0.199 e. The van der Waals surface area contributed by atoms with E-state index in [1.54, 1.807) is 0 Å². The molecule has 0 saturated carbocycles. The van der Waals surface area contributed by atoms with Crippen LogP contribution < -0.4 is 0 Å². The van der Waals surface area contributed by atoms with Crippen molar-refractivity contribution in [3.05, 3.63) is 46.5 Å². The van der Waals surface area contributed by atoms with Crippen LogP contribution in [0.1, 0.15) is 31.7 Å². The van der Waals surface area contributed by atoms with Gasteiger partial charge >= 0.3 is 0 Å². The number of benzene rings is 1. The van der Waals surface area contributed by atoms with Crippen LogP contribution in [0.3, 0.4) is 0 Å². The highest BCUT2D eigenvalue weighted by molar-refractivity contribution is 7.91. The zero-order valence-electron chi connectivity index (χ0n) is 15.3. The fourth-order valence-corrected chi connectivity index (χ4v) is 5.61. The van der Waals surface area contributed by atoms with Crippen molar-refractivity contribution in [2.75, 3.05) is 18.1 Å². The summed E-state index contributed by atoms with van der Waals surface area (Å²) in [5.41, 5.74) is 1.20. The molecule has 6 nitrogen and oxygen atoms in total. The monoisotopic (exact) mass is 394 g/mol. The first-order valence-electron chi connectivity index (χ1n) is 9.08. The van der Waals surface area contributed by atoms with Gasteiger partial charge in [0.25, 0.3) is 0 Å². The molecule has 1 fully saturated rings. The topological polar surface area (TPSA) is 60.1 Å². The van der Waals surface area contributed by atoms with E-state index in [1.807, 2.05) is 22.9 Å². The molecule has 1 aromatic heterocycles. The Hall–Kier alpha value is -1.51. The van der Waals surface area contributed by atoms with E-state index in [4.69, 9.17) is 17.3 Å². The average Bonchev–Trinajstić information content (AvgIpc) is 3.12. The molecular formula is C18H26N4O2S2. The molecule has 26 heavy (non-hydrogen) atoms. The molecule has 2 aromatic rings. The third-order valence-electron chi connectivity index (χ3n) is 4.97. The quantitative estimate of drug-likeness (QED) is 0.675. The van der Waals surface area contributed by atoms with Gasteiger partial charge in [-0.15, -0.1) is 0 Å². The molecule has 0 amide bonds. The maximum atomic E-state index is 11.8. The molecule has 142 valence electrons. The second-order valence-electron chi connectivity index (χ2n) is 6.71. The lowest BCUT2D eigenvalue weighted by Gasteiger charge is -2.26. The van der Waals surface area contributed by atoms with Crippen LogP contribution in [0.2, 0.25) is 0 Å². The van der Waals surface area contributed by atoms with E-state index in [2.05, 4.69) is 35.4 Å². The van der Waals surface area contributed by atoms with Crippen molar-refractivity contribution < 1.29 is 8.42 Å². The highest BCUT2D eigenvalue weighted by atomic mass is 32.2. The third kappa shape index (κ3) is 4.24. The summed E-state index contributed by atoms with van der Waals surface area (Å²) in [6, 6.07) is 10.3. The van der Waals surface area contributed by atoms with E-state index >= 15 is 0 Å². The maximum absolute atomic E-state index is 11.8. The predicted molar refractivity (Wildman–Crippen MR) is 105 cm³/mol. The molecule has 1 aromatic carbocycles. The van der Waals surface area contributed by atoms with Gasteiger partial charge in [0.05, 0.1) is 18.2 Å². The molecule has 1 aliphatic rings. The number of aromatic nitrogens is 3. The second kappa shape index (κ2) is 8.02. The highest BCUT2D eigenvalue weighted by Gasteiger charge is 2.32. The lowest BCUT2D eigenvalue weighted by Crippen LogP contribution is -2.37. The van der Waals surface area contributed by atoms with Crippen molar-refractivity contribution in [1.82, 2.24) is 19.2 Å². The second-order valence-corrected chi connectivity index (χ2v) is 9.30. The molecule has 8 heteroatoms. The molecular weight excluding hydrogens is 368 g/mol. The van der Waals surface area contributed by atoms with Crippen LogP contribution in [0.15, 0.2) is 30.3 Å². The molecule has 3 rings (SSSR count). The van der Waals surface area contributed by atoms with E-state index in [0.717, 1.165) is 25.3 Å².